The molecule has 140 valence electrons. The minimum Gasteiger partial charge on any atom is -0.465 e. The largest absolute Gasteiger partial charge is 0.465 e. The van der Waals surface area contributed by atoms with Crippen molar-refractivity contribution in [3.63, 3.8) is 0 Å². The van der Waals surface area contributed by atoms with Crippen LogP contribution in [0.2, 0.25) is 5.02 Å². The van der Waals surface area contributed by atoms with Crippen LogP contribution in [-0.2, 0) is 11.2 Å². The number of benzene rings is 3. The highest BCUT2D eigenvalue weighted by Crippen LogP contribution is 2.35. The van der Waals surface area contributed by atoms with Gasteiger partial charge in [0.25, 0.3) is 0 Å². The van der Waals surface area contributed by atoms with E-state index < -0.39 is 0 Å². The van der Waals surface area contributed by atoms with E-state index in [9.17, 15) is 4.79 Å². The molecule has 1 heterocycles. The number of rotatable bonds is 4. The molecule has 0 aliphatic heterocycles. The third-order valence-corrected chi connectivity index (χ3v) is 6.35. The maximum Gasteiger partial charge on any atom is 0.337 e. The Morgan fingerprint density at radius 1 is 1.04 bits per heavy atom. The van der Waals surface area contributed by atoms with E-state index in [0.717, 1.165) is 33.5 Å². The monoisotopic (exact) mass is 406 g/mol. The normalized spacial score (nSPS) is 11.0. The fraction of sp³-hybridized carbons (Fsp3) is 0.125. The lowest BCUT2D eigenvalue weighted by Crippen LogP contribution is -2.00. The molecule has 4 rings (SSSR count). The summed E-state index contributed by atoms with van der Waals surface area (Å²) in [6.07, 6.45) is 0.769. The van der Waals surface area contributed by atoms with Gasteiger partial charge >= 0.3 is 5.97 Å². The summed E-state index contributed by atoms with van der Waals surface area (Å²) in [5.74, 6) is -0.313. The molecular formula is C24H19ClO2S. The predicted octanol–water partition coefficient (Wildman–Crippen LogP) is 6.91. The number of hydrogen-bond acceptors (Lipinski definition) is 3. The van der Waals surface area contributed by atoms with E-state index in [0.29, 0.717) is 5.56 Å². The first-order chi connectivity index (χ1) is 13.6. The van der Waals surface area contributed by atoms with Crippen LogP contribution in [0.3, 0.4) is 0 Å². The number of esters is 1. The highest BCUT2D eigenvalue weighted by molar-refractivity contribution is 7.19. The summed E-state index contributed by atoms with van der Waals surface area (Å²) in [7, 11) is 1.41. The van der Waals surface area contributed by atoms with Crippen molar-refractivity contribution in [1.29, 1.82) is 0 Å². The third kappa shape index (κ3) is 3.56. The van der Waals surface area contributed by atoms with Gasteiger partial charge in [-0.25, -0.2) is 4.79 Å². The molecule has 0 unspecified atom stereocenters. The lowest BCUT2D eigenvalue weighted by molar-refractivity contribution is 0.0601. The van der Waals surface area contributed by atoms with Crippen molar-refractivity contribution in [3.05, 3.63) is 93.3 Å². The summed E-state index contributed by atoms with van der Waals surface area (Å²) in [5.41, 5.74) is 5.10. The molecule has 0 bridgehead atoms. The Bertz CT molecular complexity index is 1160. The van der Waals surface area contributed by atoms with E-state index in [1.54, 1.807) is 11.3 Å². The Balaban J connectivity index is 1.71. The molecule has 0 amide bonds. The number of methoxy groups -OCH3 is 1. The van der Waals surface area contributed by atoms with Crippen LogP contribution in [0.1, 0.15) is 26.4 Å². The van der Waals surface area contributed by atoms with Crippen LogP contribution in [0.5, 0.6) is 0 Å². The summed E-state index contributed by atoms with van der Waals surface area (Å²) >= 11 is 8.33. The van der Waals surface area contributed by atoms with Crippen LogP contribution in [0.4, 0.5) is 0 Å². The van der Waals surface area contributed by atoms with Crippen molar-refractivity contribution in [1.82, 2.24) is 0 Å². The SMILES string of the molecule is COC(=O)c1ccc2sc(C)c(Cc3ccc(-c4ccccc4)c(Cl)c3)c2c1. The van der Waals surface area contributed by atoms with E-state index in [-0.39, 0.29) is 5.97 Å². The van der Waals surface area contributed by atoms with Crippen molar-refractivity contribution < 1.29 is 9.53 Å². The van der Waals surface area contributed by atoms with Crippen LogP contribution in [0, 0.1) is 6.92 Å². The van der Waals surface area contributed by atoms with Gasteiger partial charge in [0.05, 0.1) is 12.7 Å². The molecule has 0 saturated heterocycles. The maximum absolute atomic E-state index is 11.9. The molecule has 0 aliphatic carbocycles. The van der Waals surface area contributed by atoms with Gasteiger partial charge < -0.3 is 4.74 Å². The van der Waals surface area contributed by atoms with E-state index in [4.69, 9.17) is 16.3 Å². The number of hydrogen-bond donors (Lipinski definition) is 0. The summed E-state index contributed by atoms with van der Waals surface area (Å²) in [5, 5.41) is 1.85. The van der Waals surface area contributed by atoms with E-state index in [1.165, 1.54) is 22.3 Å². The second-order valence-corrected chi connectivity index (χ2v) is 8.36. The van der Waals surface area contributed by atoms with Gasteiger partial charge in [-0.3, -0.25) is 0 Å². The first-order valence-electron chi connectivity index (χ1n) is 9.01. The maximum atomic E-state index is 11.9. The van der Waals surface area contributed by atoms with E-state index >= 15 is 0 Å². The molecule has 1 aromatic heterocycles. The second-order valence-electron chi connectivity index (χ2n) is 6.70. The molecular weight excluding hydrogens is 388 g/mol. The lowest BCUT2D eigenvalue weighted by atomic mass is 9.98. The lowest BCUT2D eigenvalue weighted by Gasteiger charge is -2.09. The summed E-state index contributed by atoms with van der Waals surface area (Å²) < 4.78 is 6.04. The van der Waals surface area contributed by atoms with Gasteiger partial charge in [0.15, 0.2) is 0 Å². The number of aryl methyl sites for hydroxylation is 1. The van der Waals surface area contributed by atoms with Crippen molar-refractivity contribution in [2.24, 2.45) is 0 Å². The summed E-state index contributed by atoms with van der Waals surface area (Å²) in [4.78, 5) is 13.2. The molecule has 0 N–H and O–H groups in total. The van der Waals surface area contributed by atoms with Crippen molar-refractivity contribution in [2.45, 2.75) is 13.3 Å². The molecule has 2 nitrogen and oxygen atoms in total. The number of halogens is 1. The Labute approximate surface area is 173 Å². The Hall–Kier alpha value is -2.62. The molecule has 28 heavy (non-hydrogen) atoms. The Kier molecular flexibility index (Phi) is 5.21. The van der Waals surface area contributed by atoms with Crippen molar-refractivity contribution >= 4 is 39.0 Å². The average Bonchev–Trinajstić information content (AvgIpc) is 3.02. The van der Waals surface area contributed by atoms with Crippen LogP contribution in [0.25, 0.3) is 21.2 Å². The van der Waals surface area contributed by atoms with Crippen LogP contribution in [0.15, 0.2) is 66.7 Å². The fourth-order valence-electron chi connectivity index (χ4n) is 3.46. The minimum atomic E-state index is -0.313. The van der Waals surface area contributed by atoms with Crippen molar-refractivity contribution in [2.75, 3.05) is 7.11 Å². The van der Waals surface area contributed by atoms with Crippen LogP contribution in [-0.4, -0.2) is 13.1 Å². The first kappa shape index (κ1) is 18.7. The average molecular weight is 407 g/mol. The first-order valence-corrected chi connectivity index (χ1v) is 10.2. The van der Waals surface area contributed by atoms with E-state index in [2.05, 4.69) is 31.2 Å². The zero-order chi connectivity index (χ0) is 19.7. The van der Waals surface area contributed by atoms with Gasteiger partial charge in [-0.15, -0.1) is 11.3 Å². The van der Waals surface area contributed by atoms with Gasteiger partial charge in [-0.1, -0.05) is 54.1 Å². The summed E-state index contributed by atoms with van der Waals surface area (Å²) in [6.45, 7) is 2.12. The molecule has 0 atom stereocenters. The predicted molar refractivity (Wildman–Crippen MR) is 118 cm³/mol. The van der Waals surface area contributed by atoms with Gasteiger partial charge in [0.2, 0.25) is 0 Å². The molecule has 0 saturated carbocycles. The molecule has 0 radical (unpaired) electrons. The quantitative estimate of drug-likeness (QED) is 0.344. The smallest absolute Gasteiger partial charge is 0.337 e. The molecule has 0 aliphatic rings. The van der Waals surface area contributed by atoms with Crippen LogP contribution < -0.4 is 0 Å². The molecule has 3 aromatic carbocycles. The molecule has 4 aromatic rings. The molecule has 0 spiro atoms. The Morgan fingerprint density at radius 2 is 1.82 bits per heavy atom. The number of thiophene rings is 1. The van der Waals surface area contributed by atoms with Gasteiger partial charge in [-0.2, -0.15) is 0 Å². The zero-order valence-corrected chi connectivity index (χ0v) is 17.2. The molecule has 0 fully saturated rings. The zero-order valence-electron chi connectivity index (χ0n) is 15.7. The summed E-state index contributed by atoms with van der Waals surface area (Å²) in [6, 6.07) is 22.1. The van der Waals surface area contributed by atoms with Gasteiger partial charge in [0, 0.05) is 20.2 Å². The highest BCUT2D eigenvalue weighted by Gasteiger charge is 2.14. The van der Waals surface area contributed by atoms with Crippen molar-refractivity contribution in [3.8, 4) is 11.1 Å². The second kappa shape index (κ2) is 7.78. The van der Waals surface area contributed by atoms with Gasteiger partial charge in [0.1, 0.15) is 0 Å². The molecule has 4 heteroatoms. The standard InChI is InChI=1S/C24H19ClO2S/c1-15-20(21-14-18(24(26)27-2)9-11-23(21)28-15)12-16-8-10-19(22(25)13-16)17-6-4-3-5-7-17/h3-11,13-14H,12H2,1-2H3. The number of carbonyl (C=O) groups excluding carboxylic acids is 1. The number of fused-ring (bicyclic) bond motifs is 1. The fourth-order valence-corrected chi connectivity index (χ4v) is 4.84. The number of ether oxygens (including phenoxy) is 1. The minimum absolute atomic E-state index is 0.313. The topological polar surface area (TPSA) is 26.3 Å². The Morgan fingerprint density at radius 3 is 2.54 bits per heavy atom. The highest BCUT2D eigenvalue weighted by atomic mass is 35.5. The van der Waals surface area contributed by atoms with Gasteiger partial charge in [-0.05, 0) is 59.7 Å². The van der Waals surface area contributed by atoms with E-state index in [1.807, 2.05) is 42.5 Å². The van der Waals surface area contributed by atoms with Crippen LogP contribution >= 0.6 is 22.9 Å². The third-order valence-electron chi connectivity index (χ3n) is 4.91. The number of carbonyl (C=O) groups is 1.